The third-order valence-electron chi connectivity index (χ3n) is 5.00. The van der Waals surface area contributed by atoms with Gasteiger partial charge in [0.1, 0.15) is 11.6 Å². The molecule has 2 N–H and O–H groups in total. The highest BCUT2D eigenvalue weighted by Gasteiger charge is 2.15. The Bertz CT molecular complexity index is 1030. The number of carbonyl (C=O) groups is 1. The number of rotatable bonds is 6. The van der Waals surface area contributed by atoms with E-state index < -0.39 is 0 Å². The molecule has 1 fully saturated rings. The first-order valence-corrected chi connectivity index (χ1v) is 10.0. The van der Waals surface area contributed by atoms with Gasteiger partial charge in [0.05, 0.1) is 7.11 Å². The molecule has 7 nitrogen and oxygen atoms in total. The van der Waals surface area contributed by atoms with E-state index in [1.54, 1.807) is 31.4 Å². The van der Waals surface area contributed by atoms with E-state index in [0.29, 0.717) is 22.9 Å². The van der Waals surface area contributed by atoms with E-state index in [2.05, 4.69) is 25.5 Å². The number of ether oxygens (including phenoxy) is 1. The molecule has 0 bridgehead atoms. The van der Waals surface area contributed by atoms with Crippen molar-refractivity contribution in [3.8, 4) is 5.75 Å². The number of nitrogens with zero attached hydrogens (tertiary/aromatic N) is 3. The Hall–Kier alpha value is -3.61. The van der Waals surface area contributed by atoms with Crippen molar-refractivity contribution < 1.29 is 9.53 Å². The Morgan fingerprint density at radius 3 is 2.47 bits per heavy atom. The number of benzene rings is 2. The Morgan fingerprint density at radius 2 is 1.73 bits per heavy atom. The van der Waals surface area contributed by atoms with Crippen molar-refractivity contribution in [3.05, 3.63) is 65.9 Å². The number of aromatic nitrogens is 2. The molecule has 154 valence electrons. The van der Waals surface area contributed by atoms with Crippen LogP contribution >= 0.6 is 0 Å². The first-order chi connectivity index (χ1) is 14.6. The summed E-state index contributed by atoms with van der Waals surface area (Å²) in [6.45, 7) is 4.05. The quantitative estimate of drug-likeness (QED) is 0.635. The molecule has 0 saturated carbocycles. The van der Waals surface area contributed by atoms with Gasteiger partial charge in [-0.25, -0.2) is 4.98 Å². The molecule has 4 rings (SSSR count). The van der Waals surface area contributed by atoms with Gasteiger partial charge in [-0.3, -0.25) is 4.79 Å². The maximum Gasteiger partial charge on any atom is 0.255 e. The fraction of sp³-hybridized carbons (Fsp3) is 0.261. The summed E-state index contributed by atoms with van der Waals surface area (Å²) in [6, 6.07) is 16.5. The Balaban J connectivity index is 1.43. The van der Waals surface area contributed by atoms with Gasteiger partial charge in [0.25, 0.3) is 5.91 Å². The van der Waals surface area contributed by atoms with Gasteiger partial charge < -0.3 is 20.3 Å². The van der Waals surface area contributed by atoms with Gasteiger partial charge in [-0.05, 0) is 62.2 Å². The van der Waals surface area contributed by atoms with Crippen LogP contribution in [0.15, 0.2) is 54.6 Å². The number of amides is 1. The maximum atomic E-state index is 12.5. The second-order valence-corrected chi connectivity index (χ2v) is 7.27. The Labute approximate surface area is 176 Å². The zero-order chi connectivity index (χ0) is 20.9. The summed E-state index contributed by atoms with van der Waals surface area (Å²) in [5.41, 5.74) is 3.03. The predicted molar refractivity (Wildman–Crippen MR) is 119 cm³/mol. The normalized spacial score (nSPS) is 13.2. The molecule has 0 aliphatic carbocycles. The number of hydrogen-bond acceptors (Lipinski definition) is 6. The van der Waals surface area contributed by atoms with Gasteiger partial charge in [-0.2, -0.15) is 4.98 Å². The lowest BCUT2D eigenvalue weighted by Crippen LogP contribution is -2.19. The molecule has 1 aromatic heterocycles. The van der Waals surface area contributed by atoms with Crippen molar-refractivity contribution >= 4 is 29.0 Å². The molecular formula is C23H25N5O2. The van der Waals surface area contributed by atoms with Crippen LogP contribution in [-0.4, -0.2) is 36.1 Å². The van der Waals surface area contributed by atoms with E-state index in [9.17, 15) is 4.79 Å². The molecular weight excluding hydrogens is 378 g/mol. The highest BCUT2D eigenvalue weighted by Crippen LogP contribution is 2.23. The molecule has 3 aromatic rings. The van der Waals surface area contributed by atoms with Gasteiger partial charge in [-0.15, -0.1) is 0 Å². The second-order valence-electron chi connectivity index (χ2n) is 7.27. The molecule has 1 saturated heterocycles. The van der Waals surface area contributed by atoms with Gasteiger partial charge >= 0.3 is 0 Å². The van der Waals surface area contributed by atoms with Crippen LogP contribution in [0.4, 0.5) is 23.1 Å². The topological polar surface area (TPSA) is 79.4 Å². The summed E-state index contributed by atoms with van der Waals surface area (Å²) in [5.74, 6) is 2.00. The van der Waals surface area contributed by atoms with Gasteiger partial charge in [0.15, 0.2) is 0 Å². The molecule has 0 radical (unpaired) electrons. The number of nitrogens with one attached hydrogen (secondary N) is 2. The van der Waals surface area contributed by atoms with E-state index in [1.807, 2.05) is 37.3 Å². The van der Waals surface area contributed by atoms with E-state index in [4.69, 9.17) is 4.74 Å². The summed E-state index contributed by atoms with van der Waals surface area (Å²) in [7, 11) is 1.58. The lowest BCUT2D eigenvalue weighted by atomic mass is 10.2. The third-order valence-corrected chi connectivity index (χ3v) is 5.00. The minimum absolute atomic E-state index is 0.188. The lowest BCUT2D eigenvalue weighted by Gasteiger charge is -2.17. The van der Waals surface area contributed by atoms with Crippen LogP contribution in [0.2, 0.25) is 0 Å². The maximum absolute atomic E-state index is 12.5. The van der Waals surface area contributed by atoms with Crippen LogP contribution in [0.5, 0.6) is 5.75 Å². The lowest BCUT2D eigenvalue weighted by molar-refractivity contribution is 0.102. The van der Waals surface area contributed by atoms with E-state index >= 15 is 0 Å². The monoisotopic (exact) mass is 403 g/mol. The van der Waals surface area contributed by atoms with Crippen molar-refractivity contribution in [1.29, 1.82) is 0 Å². The molecule has 1 aliphatic heterocycles. The van der Waals surface area contributed by atoms with Crippen LogP contribution in [0.1, 0.15) is 28.9 Å². The van der Waals surface area contributed by atoms with Crippen molar-refractivity contribution in [3.63, 3.8) is 0 Å². The smallest absolute Gasteiger partial charge is 0.255 e. The number of methoxy groups -OCH3 is 1. The van der Waals surface area contributed by atoms with Crippen LogP contribution in [0.3, 0.4) is 0 Å². The zero-order valence-electron chi connectivity index (χ0n) is 17.2. The van der Waals surface area contributed by atoms with Crippen LogP contribution < -0.4 is 20.3 Å². The van der Waals surface area contributed by atoms with Gasteiger partial charge in [0, 0.05) is 41.8 Å². The first kappa shape index (κ1) is 19.7. The molecule has 0 atom stereocenters. The molecule has 2 heterocycles. The summed E-state index contributed by atoms with van der Waals surface area (Å²) < 4.78 is 5.17. The Morgan fingerprint density at radius 1 is 1.00 bits per heavy atom. The fourth-order valence-corrected chi connectivity index (χ4v) is 3.45. The molecule has 1 amide bonds. The SMILES string of the molecule is COc1cccc(C(=O)Nc2ccc(Nc3nc(C)cc(N4CCCC4)n3)cc2)c1. The van der Waals surface area contributed by atoms with Crippen molar-refractivity contribution in [2.45, 2.75) is 19.8 Å². The molecule has 30 heavy (non-hydrogen) atoms. The largest absolute Gasteiger partial charge is 0.497 e. The molecule has 0 unspecified atom stereocenters. The summed E-state index contributed by atoms with van der Waals surface area (Å²) in [5, 5.41) is 6.15. The molecule has 1 aliphatic rings. The van der Waals surface area contributed by atoms with E-state index in [0.717, 1.165) is 30.3 Å². The van der Waals surface area contributed by atoms with Crippen molar-refractivity contribution in [2.24, 2.45) is 0 Å². The fourth-order valence-electron chi connectivity index (χ4n) is 3.45. The van der Waals surface area contributed by atoms with Gasteiger partial charge in [-0.1, -0.05) is 6.07 Å². The summed E-state index contributed by atoms with van der Waals surface area (Å²) in [4.78, 5) is 23.9. The standard InChI is InChI=1S/C23H25N5O2/c1-16-14-21(28-12-3-4-13-28)27-23(24-16)26-19-10-8-18(9-11-19)25-22(29)17-6-5-7-20(15-17)30-2/h5-11,14-15H,3-4,12-13H2,1-2H3,(H,25,29)(H,24,26,27). The van der Waals surface area contributed by atoms with Gasteiger partial charge in [0.2, 0.25) is 5.95 Å². The molecule has 0 spiro atoms. The van der Waals surface area contributed by atoms with Crippen molar-refractivity contribution in [1.82, 2.24) is 9.97 Å². The van der Waals surface area contributed by atoms with Crippen LogP contribution in [-0.2, 0) is 0 Å². The molecule has 7 heteroatoms. The number of aryl methyl sites for hydroxylation is 1. The van der Waals surface area contributed by atoms with Crippen LogP contribution in [0.25, 0.3) is 0 Å². The molecule has 2 aromatic carbocycles. The first-order valence-electron chi connectivity index (χ1n) is 10.0. The predicted octanol–water partition coefficient (Wildman–Crippen LogP) is 4.39. The second kappa shape index (κ2) is 8.82. The zero-order valence-corrected chi connectivity index (χ0v) is 17.2. The number of carbonyl (C=O) groups excluding carboxylic acids is 1. The summed E-state index contributed by atoms with van der Waals surface area (Å²) >= 11 is 0. The van der Waals surface area contributed by atoms with E-state index in [-0.39, 0.29) is 5.91 Å². The highest BCUT2D eigenvalue weighted by molar-refractivity contribution is 6.04. The summed E-state index contributed by atoms with van der Waals surface area (Å²) in [6.07, 6.45) is 2.41. The average Bonchev–Trinajstić information content (AvgIpc) is 3.30. The van der Waals surface area contributed by atoms with Crippen molar-refractivity contribution in [2.75, 3.05) is 35.7 Å². The third kappa shape index (κ3) is 4.68. The van der Waals surface area contributed by atoms with E-state index in [1.165, 1.54) is 12.8 Å². The Kier molecular flexibility index (Phi) is 5.79. The number of hydrogen-bond donors (Lipinski definition) is 2. The highest BCUT2D eigenvalue weighted by atomic mass is 16.5. The van der Waals surface area contributed by atoms with Crippen LogP contribution in [0, 0.1) is 6.92 Å². The minimum atomic E-state index is -0.188. The average molecular weight is 403 g/mol. The minimum Gasteiger partial charge on any atom is -0.497 e. The number of anilines is 4.